The second-order valence-electron chi connectivity index (χ2n) is 9.52. The lowest BCUT2D eigenvalue weighted by molar-refractivity contribution is 0.191. The lowest BCUT2D eigenvalue weighted by Crippen LogP contribution is -2.38. The zero-order valence-electron chi connectivity index (χ0n) is 18.5. The summed E-state index contributed by atoms with van der Waals surface area (Å²) in [5.74, 6) is 1.78. The van der Waals surface area contributed by atoms with Crippen molar-refractivity contribution >= 4 is 16.9 Å². The average Bonchev–Trinajstić information content (AvgIpc) is 3.39. The number of likely N-dealkylation sites (tertiary alicyclic amines) is 1. The molecule has 166 valence electrons. The molecule has 3 heterocycles. The maximum atomic E-state index is 12.5. The second kappa shape index (κ2) is 8.24. The van der Waals surface area contributed by atoms with E-state index in [4.69, 9.17) is 4.99 Å². The molecule has 2 N–H and O–H groups in total. The summed E-state index contributed by atoms with van der Waals surface area (Å²) in [7, 11) is 0. The number of nitrogens with one attached hydrogen (secondary N) is 2. The van der Waals surface area contributed by atoms with E-state index >= 15 is 0 Å². The van der Waals surface area contributed by atoms with Gasteiger partial charge in [-0.25, -0.2) is 4.79 Å². The molecule has 2 aliphatic heterocycles. The van der Waals surface area contributed by atoms with Crippen LogP contribution >= 0.6 is 0 Å². The Morgan fingerprint density at radius 2 is 1.81 bits per heavy atom. The number of hydrogen-bond donors (Lipinski definition) is 2. The van der Waals surface area contributed by atoms with E-state index in [0.29, 0.717) is 12.0 Å². The lowest BCUT2D eigenvalue weighted by Gasteiger charge is -2.32. The third kappa shape index (κ3) is 3.56. The summed E-state index contributed by atoms with van der Waals surface area (Å²) in [6.07, 6.45) is 5.45. The van der Waals surface area contributed by atoms with Crippen LogP contribution in [0.15, 0.2) is 58.3 Å². The molecule has 0 saturated carbocycles. The second-order valence-corrected chi connectivity index (χ2v) is 9.52. The van der Waals surface area contributed by atoms with Gasteiger partial charge in [0.05, 0.1) is 23.4 Å². The molecule has 3 aliphatic rings. The van der Waals surface area contributed by atoms with Gasteiger partial charge in [-0.3, -0.25) is 9.56 Å². The van der Waals surface area contributed by atoms with Crippen LogP contribution in [0.1, 0.15) is 48.8 Å². The summed E-state index contributed by atoms with van der Waals surface area (Å²) in [4.78, 5) is 22.9. The Labute approximate surface area is 188 Å². The van der Waals surface area contributed by atoms with E-state index in [0.717, 1.165) is 56.5 Å². The number of hydrogen-bond acceptors (Lipinski definition) is 3. The highest BCUT2D eigenvalue weighted by molar-refractivity contribution is 5.86. The Hall–Kier alpha value is -2.86. The maximum Gasteiger partial charge on any atom is 0.326 e. The van der Waals surface area contributed by atoms with E-state index in [1.807, 2.05) is 28.8 Å². The summed E-state index contributed by atoms with van der Waals surface area (Å²) in [5.41, 5.74) is 5.03. The molecule has 0 radical (unpaired) electrons. The van der Waals surface area contributed by atoms with Crippen LogP contribution in [0.2, 0.25) is 0 Å². The van der Waals surface area contributed by atoms with Gasteiger partial charge in [0, 0.05) is 44.1 Å². The third-order valence-corrected chi connectivity index (χ3v) is 7.70. The molecule has 6 heteroatoms. The normalized spacial score (nSPS) is 25.1. The highest BCUT2D eigenvalue weighted by Crippen LogP contribution is 2.37. The van der Waals surface area contributed by atoms with Crippen LogP contribution in [-0.2, 0) is 6.42 Å². The summed E-state index contributed by atoms with van der Waals surface area (Å²) in [6.45, 7) is 3.88. The SMILES string of the molecule is O=c1[nH]c2ccccc2n1C1CCN(CCN=C2CC3c4ccccc4CCC3N2)CC1. The van der Waals surface area contributed by atoms with Gasteiger partial charge < -0.3 is 15.2 Å². The van der Waals surface area contributed by atoms with Gasteiger partial charge in [0.15, 0.2) is 0 Å². The third-order valence-electron chi connectivity index (χ3n) is 7.70. The van der Waals surface area contributed by atoms with Crippen molar-refractivity contribution in [1.82, 2.24) is 19.8 Å². The summed E-state index contributed by atoms with van der Waals surface area (Å²) in [6, 6.07) is 17.8. The Bertz CT molecular complexity index is 1200. The molecule has 2 atom stereocenters. The van der Waals surface area contributed by atoms with E-state index in [9.17, 15) is 4.79 Å². The first kappa shape index (κ1) is 19.8. The number of rotatable bonds is 4. The minimum Gasteiger partial charge on any atom is -0.370 e. The summed E-state index contributed by atoms with van der Waals surface area (Å²) < 4.78 is 1.97. The van der Waals surface area contributed by atoms with Gasteiger partial charge in [0.1, 0.15) is 0 Å². The largest absolute Gasteiger partial charge is 0.370 e. The Kier molecular flexibility index (Phi) is 5.10. The number of aromatic amines is 1. The fraction of sp³-hybridized carbons (Fsp3) is 0.462. The van der Waals surface area contributed by atoms with Gasteiger partial charge in [-0.2, -0.15) is 0 Å². The number of aliphatic imine (C=N–C) groups is 1. The fourth-order valence-electron chi connectivity index (χ4n) is 6.03. The van der Waals surface area contributed by atoms with Crippen molar-refractivity contribution in [2.24, 2.45) is 4.99 Å². The Balaban J connectivity index is 1.04. The molecule has 0 spiro atoms. The molecule has 2 unspecified atom stereocenters. The Morgan fingerprint density at radius 1 is 1.00 bits per heavy atom. The molecular weight excluding hydrogens is 398 g/mol. The smallest absolute Gasteiger partial charge is 0.326 e. The fourth-order valence-corrected chi connectivity index (χ4v) is 6.03. The maximum absolute atomic E-state index is 12.5. The first-order chi connectivity index (χ1) is 15.8. The van der Waals surface area contributed by atoms with Gasteiger partial charge in [-0.15, -0.1) is 0 Å². The van der Waals surface area contributed by atoms with Crippen molar-refractivity contribution in [1.29, 1.82) is 0 Å². The topological polar surface area (TPSA) is 65.4 Å². The molecule has 6 nitrogen and oxygen atoms in total. The zero-order valence-corrected chi connectivity index (χ0v) is 18.5. The Morgan fingerprint density at radius 3 is 2.72 bits per heavy atom. The number of imidazole rings is 1. The van der Waals surface area contributed by atoms with Crippen LogP contribution in [0.25, 0.3) is 11.0 Å². The molecule has 3 aromatic rings. The van der Waals surface area contributed by atoms with E-state index in [2.05, 4.69) is 39.5 Å². The molecule has 0 amide bonds. The van der Waals surface area contributed by atoms with Crippen LogP contribution in [0.4, 0.5) is 0 Å². The zero-order chi connectivity index (χ0) is 21.5. The van der Waals surface area contributed by atoms with Crippen molar-refractivity contribution < 1.29 is 0 Å². The van der Waals surface area contributed by atoms with Crippen LogP contribution < -0.4 is 11.0 Å². The first-order valence-corrected chi connectivity index (χ1v) is 12.1. The van der Waals surface area contributed by atoms with Gasteiger partial charge in [-0.05, 0) is 48.9 Å². The first-order valence-electron chi connectivity index (χ1n) is 12.1. The highest BCUT2D eigenvalue weighted by Gasteiger charge is 2.35. The van der Waals surface area contributed by atoms with E-state index in [-0.39, 0.29) is 11.7 Å². The van der Waals surface area contributed by atoms with Crippen LogP contribution in [0.3, 0.4) is 0 Å². The molecule has 2 fully saturated rings. The molecule has 32 heavy (non-hydrogen) atoms. The monoisotopic (exact) mass is 429 g/mol. The van der Waals surface area contributed by atoms with Crippen molar-refractivity contribution in [2.45, 2.75) is 50.1 Å². The van der Waals surface area contributed by atoms with Crippen LogP contribution in [0.5, 0.6) is 0 Å². The molecule has 6 rings (SSSR count). The number of aryl methyl sites for hydroxylation is 1. The van der Waals surface area contributed by atoms with Gasteiger partial charge in [0.2, 0.25) is 0 Å². The van der Waals surface area contributed by atoms with E-state index in [1.165, 1.54) is 29.8 Å². The molecular formula is C26H31N5O. The number of H-pyrrole nitrogens is 1. The number of nitrogens with zero attached hydrogens (tertiary/aromatic N) is 3. The molecule has 0 bridgehead atoms. The number of aromatic nitrogens is 2. The van der Waals surface area contributed by atoms with E-state index < -0.39 is 0 Å². The summed E-state index contributed by atoms with van der Waals surface area (Å²) in [5, 5.41) is 3.71. The average molecular weight is 430 g/mol. The minimum atomic E-state index is 0.0198. The standard InChI is InChI=1S/C26H31N5O/c32-26-29-23-7-3-4-8-24(23)31(26)19-11-14-30(15-12-19)16-13-27-25-17-21-20-6-2-1-5-18(20)9-10-22(21)28-25/h1-8,19,21-22H,9-17H2,(H,27,28)(H,29,32). The van der Waals surface area contributed by atoms with Crippen molar-refractivity contribution in [2.75, 3.05) is 26.2 Å². The number of benzene rings is 2. The number of para-hydroxylation sites is 2. The quantitative estimate of drug-likeness (QED) is 0.668. The number of fused-ring (bicyclic) bond motifs is 4. The molecule has 2 aromatic carbocycles. The number of piperidine rings is 1. The van der Waals surface area contributed by atoms with Crippen LogP contribution in [-0.4, -0.2) is 52.5 Å². The predicted molar refractivity (Wildman–Crippen MR) is 129 cm³/mol. The molecule has 1 aliphatic carbocycles. The minimum absolute atomic E-state index is 0.0198. The van der Waals surface area contributed by atoms with Crippen molar-refractivity contribution in [3.8, 4) is 0 Å². The van der Waals surface area contributed by atoms with Gasteiger partial charge in [-0.1, -0.05) is 36.4 Å². The molecule has 1 aromatic heterocycles. The summed E-state index contributed by atoms with van der Waals surface area (Å²) >= 11 is 0. The highest BCUT2D eigenvalue weighted by atomic mass is 16.1. The van der Waals surface area contributed by atoms with Gasteiger partial charge in [0.25, 0.3) is 0 Å². The van der Waals surface area contributed by atoms with Crippen LogP contribution in [0, 0.1) is 0 Å². The van der Waals surface area contributed by atoms with Gasteiger partial charge >= 0.3 is 5.69 Å². The predicted octanol–water partition coefficient (Wildman–Crippen LogP) is 3.46. The van der Waals surface area contributed by atoms with E-state index in [1.54, 1.807) is 0 Å². The molecule has 2 saturated heterocycles. The number of amidine groups is 1. The van der Waals surface area contributed by atoms with Crippen molar-refractivity contribution in [3.05, 3.63) is 70.1 Å². The lowest BCUT2D eigenvalue weighted by atomic mass is 9.80. The van der Waals surface area contributed by atoms with Crippen molar-refractivity contribution in [3.63, 3.8) is 0 Å².